The van der Waals surface area contributed by atoms with Crippen LogP contribution in [-0.4, -0.2) is 38.2 Å². The molecule has 2 aromatic carbocycles. The Balaban J connectivity index is 2.23. The fraction of sp³-hybridized carbons (Fsp3) is 0.286. The van der Waals surface area contributed by atoms with Crippen molar-refractivity contribution in [2.24, 2.45) is 0 Å². The molecular weight excluding hydrogens is 362 g/mol. The number of ether oxygens (including phenoxy) is 3. The molecule has 28 heavy (non-hydrogen) atoms. The van der Waals surface area contributed by atoms with Gasteiger partial charge in [-0.05, 0) is 43.7 Å². The van der Waals surface area contributed by atoms with E-state index >= 15 is 0 Å². The summed E-state index contributed by atoms with van der Waals surface area (Å²) in [6.45, 7) is 3.78. The Morgan fingerprint density at radius 2 is 1.46 bits per heavy atom. The Labute approximate surface area is 163 Å². The van der Waals surface area contributed by atoms with Crippen LogP contribution in [0.5, 0.6) is 5.75 Å². The molecule has 1 atom stereocenters. The zero-order chi connectivity index (χ0) is 20.7. The highest BCUT2D eigenvalue weighted by Crippen LogP contribution is 2.19. The van der Waals surface area contributed by atoms with Gasteiger partial charge in [-0.15, -0.1) is 0 Å². The number of carbonyl (C=O) groups excluding carboxylic acids is 3. The van der Waals surface area contributed by atoms with Gasteiger partial charge in [0.05, 0.1) is 25.3 Å². The lowest BCUT2D eigenvalue weighted by Crippen LogP contribution is -2.32. The highest BCUT2D eigenvalue weighted by Gasteiger charge is 2.20. The van der Waals surface area contributed by atoms with Gasteiger partial charge in [-0.3, -0.25) is 4.79 Å². The number of aryl methyl sites for hydroxylation is 1. The molecular formula is C21H23NO6. The van der Waals surface area contributed by atoms with E-state index < -0.39 is 23.9 Å². The summed E-state index contributed by atoms with van der Waals surface area (Å²) in [7, 11) is 2.46. The Hall–Kier alpha value is -3.35. The maximum absolute atomic E-state index is 12.6. The predicted octanol–water partition coefficient (Wildman–Crippen LogP) is 3.36. The van der Waals surface area contributed by atoms with Gasteiger partial charge in [0.15, 0.2) is 6.10 Å². The van der Waals surface area contributed by atoms with Crippen LogP contribution in [0.4, 0.5) is 5.69 Å². The van der Waals surface area contributed by atoms with Crippen molar-refractivity contribution in [1.29, 1.82) is 0 Å². The van der Waals surface area contributed by atoms with Crippen molar-refractivity contribution < 1.29 is 28.6 Å². The van der Waals surface area contributed by atoms with Crippen LogP contribution in [0.3, 0.4) is 0 Å². The third-order valence-corrected chi connectivity index (χ3v) is 4.01. The molecule has 2 rings (SSSR count). The Morgan fingerprint density at radius 3 is 1.93 bits per heavy atom. The van der Waals surface area contributed by atoms with Gasteiger partial charge in [0.1, 0.15) is 5.75 Å². The summed E-state index contributed by atoms with van der Waals surface area (Å²) in [6, 6.07) is 11.6. The minimum Gasteiger partial charge on any atom is -0.481 e. The molecule has 0 heterocycles. The molecule has 0 saturated carbocycles. The molecule has 0 fully saturated rings. The second-order valence-corrected chi connectivity index (χ2v) is 6.10. The molecule has 0 bridgehead atoms. The fourth-order valence-corrected chi connectivity index (χ4v) is 2.50. The number of esters is 2. The highest BCUT2D eigenvalue weighted by molar-refractivity contribution is 6.00. The highest BCUT2D eigenvalue weighted by atomic mass is 16.5. The van der Waals surface area contributed by atoms with Crippen LogP contribution in [-0.2, 0) is 14.3 Å². The third-order valence-electron chi connectivity index (χ3n) is 4.01. The van der Waals surface area contributed by atoms with E-state index in [4.69, 9.17) is 14.2 Å². The fourth-order valence-electron chi connectivity index (χ4n) is 2.50. The number of amides is 1. The number of hydrogen-bond donors (Lipinski definition) is 1. The molecule has 7 nitrogen and oxygen atoms in total. The van der Waals surface area contributed by atoms with Gasteiger partial charge in [-0.2, -0.15) is 0 Å². The summed E-state index contributed by atoms with van der Waals surface area (Å²) in [4.78, 5) is 36.4. The molecule has 0 saturated heterocycles. The van der Waals surface area contributed by atoms with E-state index in [1.165, 1.54) is 32.4 Å². The summed E-state index contributed by atoms with van der Waals surface area (Å²) in [6.07, 6.45) is -0.314. The lowest BCUT2D eigenvalue weighted by molar-refractivity contribution is -0.122. The van der Waals surface area contributed by atoms with Crippen LogP contribution in [0.15, 0.2) is 42.5 Å². The SMILES string of the molecule is CC[C@H](Oc1ccc(C)cc1)C(=O)Nc1cc(C(=O)OC)cc(C(=O)OC)c1. The smallest absolute Gasteiger partial charge is 0.337 e. The second-order valence-electron chi connectivity index (χ2n) is 6.10. The maximum atomic E-state index is 12.6. The lowest BCUT2D eigenvalue weighted by Gasteiger charge is -2.18. The normalized spacial score (nSPS) is 11.3. The second kappa shape index (κ2) is 9.55. The molecule has 0 aliphatic carbocycles. The zero-order valence-electron chi connectivity index (χ0n) is 16.3. The van der Waals surface area contributed by atoms with Gasteiger partial charge in [0, 0.05) is 5.69 Å². The average Bonchev–Trinajstić information content (AvgIpc) is 2.71. The van der Waals surface area contributed by atoms with Crippen molar-refractivity contribution in [1.82, 2.24) is 0 Å². The number of rotatable bonds is 7. The molecule has 0 aliphatic rings. The first-order valence-electron chi connectivity index (χ1n) is 8.73. The summed E-state index contributed by atoms with van der Waals surface area (Å²) in [5.74, 6) is -1.10. The first-order chi connectivity index (χ1) is 13.4. The first-order valence-corrected chi connectivity index (χ1v) is 8.73. The van der Waals surface area contributed by atoms with Crippen molar-refractivity contribution >= 4 is 23.5 Å². The third kappa shape index (κ3) is 5.33. The van der Waals surface area contributed by atoms with Crippen LogP contribution in [0, 0.1) is 6.92 Å². The number of nitrogens with one attached hydrogen (secondary N) is 1. The Bertz CT molecular complexity index is 825. The molecule has 1 amide bonds. The average molecular weight is 385 g/mol. The van der Waals surface area contributed by atoms with Gasteiger partial charge >= 0.3 is 11.9 Å². The molecule has 2 aromatic rings. The van der Waals surface area contributed by atoms with Gasteiger partial charge in [-0.25, -0.2) is 9.59 Å². The molecule has 1 N–H and O–H groups in total. The van der Waals surface area contributed by atoms with E-state index in [1.54, 1.807) is 12.1 Å². The quantitative estimate of drug-likeness (QED) is 0.735. The standard InChI is InChI=1S/C21H23NO6/c1-5-18(28-17-8-6-13(2)7-9-17)19(23)22-16-11-14(20(24)26-3)10-15(12-16)21(25)27-4/h6-12,18H,5H2,1-4H3,(H,22,23)/t18-/m0/s1. The zero-order valence-corrected chi connectivity index (χ0v) is 16.3. The van der Waals surface area contributed by atoms with Gasteiger partial charge in [0.25, 0.3) is 5.91 Å². The minimum absolute atomic E-state index is 0.119. The number of methoxy groups -OCH3 is 2. The van der Waals surface area contributed by atoms with Crippen molar-refractivity contribution in [3.05, 3.63) is 59.2 Å². The maximum Gasteiger partial charge on any atom is 0.337 e. The van der Waals surface area contributed by atoms with Crippen molar-refractivity contribution in [2.45, 2.75) is 26.4 Å². The molecule has 0 unspecified atom stereocenters. The molecule has 0 aromatic heterocycles. The minimum atomic E-state index is -0.744. The van der Waals surface area contributed by atoms with Crippen molar-refractivity contribution in [3.63, 3.8) is 0 Å². The number of carbonyl (C=O) groups is 3. The van der Waals surface area contributed by atoms with Gasteiger partial charge in [0.2, 0.25) is 0 Å². The Kier molecular flexibility index (Phi) is 7.14. The summed E-state index contributed by atoms with van der Waals surface area (Å²) in [5.41, 5.74) is 1.58. The number of hydrogen-bond acceptors (Lipinski definition) is 6. The van der Waals surface area contributed by atoms with Crippen LogP contribution in [0.25, 0.3) is 0 Å². The molecule has 0 spiro atoms. The molecule has 148 valence electrons. The Morgan fingerprint density at radius 1 is 0.929 bits per heavy atom. The van der Waals surface area contributed by atoms with E-state index in [9.17, 15) is 14.4 Å². The van der Waals surface area contributed by atoms with E-state index in [1.807, 2.05) is 26.0 Å². The van der Waals surface area contributed by atoms with Crippen LogP contribution in [0.2, 0.25) is 0 Å². The summed E-state index contributed by atoms with van der Waals surface area (Å²) >= 11 is 0. The van der Waals surface area contributed by atoms with E-state index in [2.05, 4.69) is 5.32 Å². The topological polar surface area (TPSA) is 90.9 Å². The van der Waals surface area contributed by atoms with Gasteiger partial charge < -0.3 is 19.5 Å². The van der Waals surface area contributed by atoms with Crippen molar-refractivity contribution in [2.75, 3.05) is 19.5 Å². The first kappa shape index (κ1) is 21.0. The van der Waals surface area contributed by atoms with Gasteiger partial charge in [-0.1, -0.05) is 24.6 Å². The summed E-state index contributed by atoms with van der Waals surface area (Å²) < 4.78 is 15.1. The monoisotopic (exact) mass is 385 g/mol. The predicted molar refractivity (Wildman–Crippen MR) is 104 cm³/mol. The van der Waals surface area contributed by atoms with E-state index in [0.717, 1.165) is 5.56 Å². The van der Waals surface area contributed by atoms with E-state index in [-0.39, 0.29) is 16.8 Å². The number of benzene rings is 2. The van der Waals surface area contributed by atoms with Crippen LogP contribution in [0.1, 0.15) is 39.6 Å². The summed E-state index contributed by atoms with van der Waals surface area (Å²) in [5, 5.41) is 2.68. The molecule has 0 radical (unpaired) electrons. The largest absolute Gasteiger partial charge is 0.481 e. The number of anilines is 1. The van der Waals surface area contributed by atoms with E-state index in [0.29, 0.717) is 12.2 Å². The molecule has 0 aliphatic heterocycles. The molecule has 7 heteroatoms. The van der Waals surface area contributed by atoms with Crippen LogP contribution >= 0.6 is 0 Å². The van der Waals surface area contributed by atoms with Crippen molar-refractivity contribution in [3.8, 4) is 5.75 Å². The lowest BCUT2D eigenvalue weighted by atomic mass is 10.1. The van der Waals surface area contributed by atoms with Crippen LogP contribution < -0.4 is 10.1 Å².